The van der Waals surface area contributed by atoms with E-state index in [0.29, 0.717) is 17.9 Å². The molecule has 1 aliphatic carbocycles. The summed E-state index contributed by atoms with van der Waals surface area (Å²) in [5.74, 6) is -1.82. The van der Waals surface area contributed by atoms with E-state index in [9.17, 15) is 24.0 Å². The Bertz CT molecular complexity index is 725. The number of urea groups is 2. The molecular weight excluding hydrogens is 354 g/mol. The lowest BCUT2D eigenvalue weighted by atomic mass is 9.73. The van der Waals surface area contributed by atoms with Gasteiger partial charge in [-0.15, -0.1) is 0 Å². The van der Waals surface area contributed by atoms with Gasteiger partial charge in [0, 0.05) is 0 Å². The summed E-state index contributed by atoms with van der Waals surface area (Å²) in [6, 6.07) is -1.37. The summed E-state index contributed by atoms with van der Waals surface area (Å²) in [5.41, 5.74) is 0.146. The zero-order valence-electron chi connectivity index (χ0n) is 15.8. The highest BCUT2D eigenvalue weighted by atomic mass is 16.2. The first-order chi connectivity index (χ1) is 12.6. The number of carbonyl (C=O) groups is 5. The first-order valence-corrected chi connectivity index (χ1v) is 9.25. The summed E-state index contributed by atoms with van der Waals surface area (Å²) in [6.07, 6.45) is 3.55. The van der Waals surface area contributed by atoms with Gasteiger partial charge < -0.3 is 10.6 Å². The predicted molar refractivity (Wildman–Crippen MR) is 92.8 cm³/mol. The Morgan fingerprint density at radius 3 is 2.44 bits per heavy atom. The highest BCUT2D eigenvalue weighted by molar-refractivity contribution is 6.10. The predicted octanol–water partition coefficient (Wildman–Crippen LogP) is 0.239. The van der Waals surface area contributed by atoms with Crippen molar-refractivity contribution in [2.24, 2.45) is 5.92 Å². The van der Waals surface area contributed by atoms with Gasteiger partial charge in [0.1, 0.15) is 17.6 Å². The lowest BCUT2D eigenvalue weighted by molar-refractivity contribution is -0.141. The Labute approximate surface area is 157 Å². The highest BCUT2D eigenvalue weighted by Crippen LogP contribution is 2.38. The first-order valence-electron chi connectivity index (χ1n) is 9.25. The molecule has 0 bridgehead atoms. The van der Waals surface area contributed by atoms with Crippen LogP contribution in [0.2, 0.25) is 0 Å². The van der Waals surface area contributed by atoms with Crippen molar-refractivity contribution in [3.05, 3.63) is 0 Å². The van der Waals surface area contributed by atoms with Crippen LogP contribution in [0.5, 0.6) is 0 Å². The van der Waals surface area contributed by atoms with Gasteiger partial charge in [0.25, 0.3) is 17.7 Å². The molecule has 27 heavy (non-hydrogen) atoms. The second-order valence-corrected chi connectivity index (χ2v) is 7.73. The summed E-state index contributed by atoms with van der Waals surface area (Å²) >= 11 is 0. The summed E-state index contributed by atoms with van der Waals surface area (Å²) < 4.78 is 0. The first kappa shape index (κ1) is 19.1. The van der Waals surface area contributed by atoms with Gasteiger partial charge in [-0.3, -0.25) is 24.7 Å². The van der Waals surface area contributed by atoms with Crippen LogP contribution in [-0.2, 0) is 14.4 Å². The molecular formula is C17H25N5O5. The molecule has 10 heteroatoms. The van der Waals surface area contributed by atoms with Gasteiger partial charge in [0.15, 0.2) is 0 Å². The fourth-order valence-electron chi connectivity index (χ4n) is 3.97. The Morgan fingerprint density at radius 1 is 1.15 bits per heavy atom. The molecule has 3 fully saturated rings. The van der Waals surface area contributed by atoms with E-state index in [4.69, 9.17) is 0 Å². The fourth-order valence-corrected chi connectivity index (χ4v) is 3.97. The molecule has 3 aliphatic rings. The summed E-state index contributed by atoms with van der Waals surface area (Å²) in [5, 5.41) is 5.87. The number of nitrogens with one attached hydrogen (secondary N) is 3. The van der Waals surface area contributed by atoms with Gasteiger partial charge in [0.05, 0.1) is 0 Å². The smallest absolute Gasteiger partial charge is 0.323 e. The SMILES string of the molecule is CC[C@]1(C)NC(=O)N(NC(=O)CN2C(=O)N[C@@]3(CCCC[C@@H]3C)C2=O)C1=O. The molecule has 3 N–H and O–H groups in total. The monoisotopic (exact) mass is 379 g/mol. The maximum atomic E-state index is 12.9. The molecule has 3 atom stereocenters. The van der Waals surface area contributed by atoms with E-state index >= 15 is 0 Å². The van der Waals surface area contributed by atoms with Gasteiger partial charge in [-0.25, -0.2) is 9.59 Å². The van der Waals surface area contributed by atoms with Gasteiger partial charge in [-0.2, -0.15) is 5.01 Å². The standard InChI is InChI=1S/C17H25N5O5/c1-4-16(3)12(24)22(15(27)18-16)20-11(23)9-21-13(25)17(19-14(21)26)8-6-5-7-10(17)2/h10H,4-9H2,1-3H3,(H,18,27)(H,19,26)(H,20,23)/t10-,16-,17+/m0/s1. The molecule has 0 aromatic rings. The van der Waals surface area contributed by atoms with E-state index in [2.05, 4.69) is 16.1 Å². The van der Waals surface area contributed by atoms with E-state index < -0.39 is 47.4 Å². The number of rotatable bonds is 4. The third-order valence-electron chi connectivity index (χ3n) is 6.01. The number of nitrogens with zero attached hydrogens (tertiary/aromatic N) is 2. The minimum Gasteiger partial charge on any atom is -0.323 e. The maximum Gasteiger partial charge on any atom is 0.344 e. The number of hydrogen-bond donors (Lipinski definition) is 3. The number of carbonyl (C=O) groups excluding carboxylic acids is 5. The van der Waals surface area contributed by atoms with E-state index in [1.165, 1.54) is 0 Å². The zero-order valence-corrected chi connectivity index (χ0v) is 15.8. The topological polar surface area (TPSA) is 128 Å². The molecule has 3 rings (SSSR count). The van der Waals surface area contributed by atoms with Crippen molar-refractivity contribution in [1.29, 1.82) is 0 Å². The van der Waals surface area contributed by atoms with E-state index in [1.54, 1.807) is 13.8 Å². The molecule has 0 aromatic carbocycles. The molecule has 0 aromatic heterocycles. The molecule has 10 nitrogen and oxygen atoms in total. The summed E-state index contributed by atoms with van der Waals surface area (Å²) in [4.78, 5) is 62.6. The van der Waals surface area contributed by atoms with Gasteiger partial charge in [0.2, 0.25) is 0 Å². The number of imide groups is 2. The number of hydrazine groups is 1. The average Bonchev–Trinajstić information content (AvgIpc) is 2.98. The summed E-state index contributed by atoms with van der Waals surface area (Å²) in [7, 11) is 0. The lowest BCUT2D eigenvalue weighted by Crippen LogP contribution is -2.55. The molecule has 7 amide bonds. The van der Waals surface area contributed by atoms with Crippen LogP contribution in [0.15, 0.2) is 0 Å². The Hall–Kier alpha value is -2.65. The van der Waals surface area contributed by atoms with Crippen LogP contribution in [0.4, 0.5) is 9.59 Å². The zero-order chi connectivity index (χ0) is 20.0. The molecule has 1 saturated carbocycles. The third kappa shape index (κ3) is 2.92. The number of hydrogen-bond acceptors (Lipinski definition) is 5. The molecule has 2 heterocycles. The Morgan fingerprint density at radius 2 is 1.85 bits per heavy atom. The van der Waals surface area contributed by atoms with Crippen molar-refractivity contribution in [2.75, 3.05) is 6.54 Å². The van der Waals surface area contributed by atoms with Crippen LogP contribution >= 0.6 is 0 Å². The quantitative estimate of drug-likeness (QED) is 0.603. The van der Waals surface area contributed by atoms with Gasteiger partial charge in [-0.1, -0.05) is 26.7 Å². The minimum absolute atomic E-state index is 0.0213. The van der Waals surface area contributed by atoms with Crippen molar-refractivity contribution in [3.8, 4) is 0 Å². The highest BCUT2D eigenvalue weighted by Gasteiger charge is 2.55. The second-order valence-electron chi connectivity index (χ2n) is 7.73. The second kappa shape index (κ2) is 6.50. The van der Waals surface area contributed by atoms with Crippen molar-refractivity contribution in [2.45, 2.75) is 64.0 Å². The fraction of sp³-hybridized carbons (Fsp3) is 0.706. The van der Waals surface area contributed by atoms with Crippen molar-refractivity contribution < 1.29 is 24.0 Å². The van der Waals surface area contributed by atoms with Crippen molar-refractivity contribution >= 4 is 29.8 Å². The van der Waals surface area contributed by atoms with E-state index in [-0.39, 0.29) is 5.92 Å². The molecule has 1 spiro atoms. The van der Waals surface area contributed by atoms with Crippen LogP contribution < -0.4 is 16.1 Å². The molecule has 148 valence electrons. The van der Waals surface area contributed by atoms with Crippen molar-refractivity contribution in [3.63, 3.8) is 0 Å². The van der Waals surface area contributed by atoms with Gasteiger partial charge in [-0.05, 0) is 32.1 Å². The third-order valence-corrected chi connectivity index (χ3v) is 6.01. The summed E-state index contributed by atoms with van der Waals surface area (Å²) in [6.45, 7) is 4.66. The average molecular weight is 379 g/mol. The molecule has 0 unspecified atom stereocenters. The Balaban J connectivity index is 1.68. The van der Waals surface area contributed by atoms with Crippen LogP contribution in [0, 0.1) is 5.92 Å². The van der Waals surface area contributed by atoms with E-state index in [0.717, 1.165) is 24.2 Å². The minimum atomic E-state index is -1.09. The lowest BCUT2D eigenvalue weighted by Gasteiger charge is -2.36. The normalized spacial score (nSPS) is 33.5. The largest absolute Gasteiger partial charge is 0.344 e. The molecule has 2 saturated heterocycles. The van der Waals surface area contributed by atoms with Gasteiger partial charge >= 0.3 is 12.1 Å². The van der Waals surface area contributed by atoms with Crippen LogP contribution in [0.1, 0.15) is 52.9 Å². The molecule has 2 aliphatic heterocycles. The van der Waals surface area contributed by atoms with Crippen LogP contribution in [0.25, 0.3) is 0 Å². The van der Waals surface area contributed by atoms with Crippen LogP contribution in [-0.4, -0.2) is 57.3 Å². The maximum absolute atomic E-state index is 12.9. The van der Waals surface area contributed by atoms with E-state index in [1.807, 2.05) is 6.92 Å². The van der Waals surface area contributed by atoms with Crippen molar-refractivity contribution in [1.82, 2.24) is 26.0 Å². The molecule has 0 radical (unpaired) electrons. The van der Waals surface area contributed by atoms with Crippen LogP contribution in [0.3, 0.4) is 0 Å². The number of amides is 7. The Kier molecular flexibility index (Phi) is 4.61.